The van der Waals surface area contributed by atoms with E-state index in [1.54, 1.807) is 13.0 Å². The Kier molecular flexibility index (Phi) is 5.38. The van der Waals surface area contributed by atoms with Crippen molar-refractivity contribution in [2.24, 2.45) is 0 Å². The van der Waals surface area contributed by atoms with Gasteiger partial charge in [-0.3, -0.25) is 0 Å². The fraction of sp³-hybridized carbons (Fsp3) is 0.538. The Morgan fingerprint density at radius 1 is 1.40 bits per heavy atom. The molecule has 0 amide bonds. The largest absolute Gasteiger partial charge is 0.397 e. The molecule has 6 nitrogen and oxygen atoms in total. The Bertz CT molecular complexity index is 556. The Morgan fingerprint density at radius 3 is 2.55 bits per heavy atom. The number of sulfonamides is 1. The van der Waals surface area contributed by atoms with Gasteiger partial charge in [0.15, 0.2) is 0 Å². The number of nitrogen functional groups attached to an aromatic ring is 1. The number of nitrogens with one attached hydrogen (secondary N) is 2. The molecule has 0 aromatic heterocycles. The van der Waals surface area contributed by atoms with E-state index in [0.29, 0.717) is 24.3 Å². The molecule has 0 heterocycles. The molecule has 1 aromatic carbocycles. The van der Waals surface area contributed by atoms with Gasteiger partial charge in [0.2, 0.25) is 10.0 Å². The molecule has 1 aromatic rings. The average Bonchev–Trinajstić information content (AvgIpc) is 2.37. The average molecular weight is 301 g/mol. The van der Waals surface area contributed by atoms with Crippen molar-refractivity contribution in [1.82, 2.24) is 4.72 Å². The van der Waals surface area contributed by atoms with Crippen LogP contribution in [0.25, 0.3) is 0 Å². The van der Waals surface area contributed by atoms with Gasteiger partial charge in [0.1, 0.15) is 0 Å². The first-order chi connectivity index (χ1) is 9.22. The lowest BCUT2D eigenvalue weighted by molar-refractivity contribution is 0.0637. The van der Waals surface area contributed by atoms with Crippen LogP contribution in [0, 0.1) is 0 Å². The normalized spacial score (nSPS) is 14.8. The molecule has 1 rings (SSSR count). The molecule has 114 valence electrons. The van der Waals surface area contributed by atoms with Crippen molar-refractivity contribution in [3.05, 3.63) is 18.2 Å². The highest BCUT2D eigenvalue weighted by Crippen LogP contribution is 2.23. The molecule has 0 saturated heterocycles. The van der Waals surface area contributed by atoms with Crippen LogP contribution >= 0.6 is 0 Å². The van der Waals surface area contributed by atoms with Gasteiger partial charge in [-0.15, -0.1) is 0 Å². The van der Waals surface area contributed by atoms with Gasteiger partial charge in [-0.2, -0.15) is 0 Å². The second-order valence-corrected chi connectivity index (χ2v) is 6.94. The lowest BCUT2D eigenvalue weighted by atomic mass is 10.0. The van der Waals surface area contributed by atoms with Gasteiger partial charge < -0.3 is 16.2 Å². The molecule has 0 aliphatic carbocycles. The molecule has 0 fully saturated rings. The van der Waals surface area contributed by atoms with Crippen LogP contribution in [0.1, 0.15) is 26.7 Å². The third-order valence-electron chi connectivity index (χ3n) is 3.05. The van der Waals surface area contributed by atoms with E-state index in [4.69, 9.17) is 5.73 Å². The Morgan fingerprint density at radius 2 is 2.05 bits per heavy atom. The number of rotatable bonds is 7. The zero-order valence-electron chi connectivity index (χ0n) is 12.1. The van der Waals surface area contributed by atoms with Crippen molar-refractivity contribution in [2.75, 3.05) is 24.6 Å². The molecule has 1 atom stereocenters. The number of hydrogen-bond donors (Lipinski definition) is 4. The van der Waals surface area contributed by atoms with Gasteiger partial charge in [-0.05, 0) is 38.6 Å². The first-order valence-electron chi connectivity index (χ1n) is 6.51. The molecule has 0 bridgehead atoms. The van der Waals surface area contributed by atoms with Gasteiger partial charge in [0.25, 0.3) is 0 Å². The molecule has 0 radical (unpaired) electrons. The maximum atomic E-state index is 11.6. The fourth-order valence-corrected chi connectivity index (χ4v) is 2.66. The van der Waals surface area contributed by atoms with Crippen LogP contribution in [-0.4, -0.2) is 32.7 Å². The third kappa shape index (κ3) is 4.36. The topological polar surface area (TPSA) is 104 Å². The van der Waals surface area contributed by atoms with Crippen LogP contribution in [-0.2, 0) is 10.0 Å². The monoisotopic (exact) mass is 301 g/mol. The van der Waals surface area contributed by atoms with E-state index in [2.05, 4.69) is 10.0 Å². The highest BCUT2D eigenvalue weighted by atomic mass is 32.2. The summed E-state index contributed by atoms with van der Waals surface area (Å²) in [6.07, 6.45) is 1.55. The molecule has 0 aliphatic heterocycles. The number of aliphatic hydroxyl groups is 1. The van der Waals surface area contributed by atoms with Gasteiger partial charge >= 0.3 is 0 Å². The minimum Gasteiger partial charge on any atom is -0.397 e. The smallest absolute Gasteiger partial charge is 0.240 e. The van der Waals surface area contributed by atoms with Crippen LogP contribution < -0.4 is 15.8 Å². The van der Waals surface area contributed by atoms with E-state index < -0.39 is 15.6 Å². The maximum absolute atomic E-state index is 11.6. The predicted octanol–water partition coefficient (Wildman–Crippen LogP) is 1.14. The molecule has 0 saturated carbocycles. The van der Waals surface area contributed by atoms with Crippen molar-refractivity contribution in [3.8, 4) is 0 Å². The van der Waals surface area contributed by atoms with Crippen molar-refractivity contribution in [2.45, 2.75) is 37.2 Å². The minimum atomic E-state index is -3.50. The van der Waals surface area contributed by atoms with Crippen LogP contribution in [0.2, 0.25) is 0 Å². The lowest BCUT2D eigenvalue weighted by Gasteiger charge is -2.24. The summed E-state index contributed by atoms with van der Waals surface area (Å²) in [6.45, 7) is 4.10. The third-order valence-corrected chi connectivity index (χ3v) is 4.46. The van der Waals surface area contributed by atoms with Crippen molar-refractivity contribution >= 4 is 21.4 Å². The van der Waals surface area contributed by atoms with Gasteiger partial charge in [-0.1, -0.05) is 13.3 Å². The highest BCUT2D eigenvalue weighted by Gasteiger charge is 2.19. The Balaban J connectivity index is 2.85. The quantitative estimate of drug-likeness (QED) is 0.565. The van der Waals surface area contributed by atoms with Crippen LogP contribution in [0.3, 0.4) is 0 Å². The second-order valence-electron chi connectivity index (χ2n) is 5.06. The van der Waals surface area contributed by atoms with Crippen molar-refractivity contribution < 1.29 is 13.5 Å². The molecule has 7 heteroatoms. The number of anilines is 2. The number of hydrogen-bond acceptors (Lipinski definition) is 5. The molecule has 0 aliphatic rings. The van der Waals surface area contributed by atoms with E-state index in [1.807, 2.05) is 6.92 Å². The highest BCUT2D eigenvalue weighted by molar-refractivity contribution is 7.89. The zero-order chi connectivity index (χ0) is 15.4. The molecular formula is C13H23N3O3S. The lowest BCUT2D eigenvalue weighted by Crippen LogP contribution is -2.33. The Labute approximate surface area is 120 Å². The molecule has 1 unspecified atom stereocenters. The summed E-state index contributed by atoms with van der Waals surface area (Å²) in [5.41, 5.74) is 5.95. The summed E-state index contributed by atoms with van der Waals surface area (Å²) in [7, 11) is -2.15. The Hall–Kier alpha value is -1.31. The second kappa shape index (κ2) is 6.43. The van der Waals surface area contributed by atoms with Gasteiger partial charge in [0.05, 0.1) is 21.9 Å². The van der Waals surface area contributed by atoms with Crippen LogP contribution in [0.15, 0.2) is 23.1 Å². The predicted molar refractivity (Wildman–Crippen MR) is 81.1 cm³/mol. The summed E-state index contributed by atoms with van der Waals surface area (Å²) in [5, 5.41) is 13.1. The zero-order valence-corrected chi connectivity index (χ0v) is 12.9. The summed E-state index contributed by atoms with van der Waals surface area (Å²) < 4.78 is 25.5. The number of nitrogens with two attached hydrogens (primary N) is 1. The standard InChI is InChI=1S/C13H23N3O3S/c1-4-7-13(2,17)9-16-12-6-5-10(8-11(12)14)20(18,19)15-3/h5-6,8,15-17H,4,7,9,14H2,1-3H3. The van der Waals surface area contributed by atoms with E-state index in [9.17, 15) is 13.5 Å². The summed E-state index contributed by atoms with van der Waals surface area (Å²) in [4.78, 5) is 0.114. The van der Waals surface area contributed by atoms with E-state index >= 15 is 0 Å². The van der Waals surface area contributed by atoms with Gasteiger partial charge in [-0.25, -0.2) is 13.1 Å². The molecule has 5 N–H and O–H groups in total. The minimum absolute atomic E-state index is 0.114. The summed E-state index contributed by atoms with van der Waals surface area (Å²) in [5.74, 6) is 0. The summed E-state index contributed by atoms with van der Waals surface area (Å²) >= 11 is 0. The van der Waals surface area contributed by atoms with Crippen LogP contribution in [0.5, 0.6) is 0 Å². The fourth-order valence-electron chi connectivity index (χ4n) is 1.90. The first kappa shape index (κ1) is 16.7. The van der Waals surface area contributed by atoms with E-state index in [1.165, 1.54) is 19.2 Å². The SMILES string of the molecule is CCCC(C)(O)CNc1ccc(S(=O)(=O)NC)cc1N. The summed E-state index contributed by atoms with van der Waals surface area (Å²) in [6, 6.07) is 4.46. The molecular weight excluding hydrogens is 278 g/mol. The van der Waals surface area contributed by atoms with E-state index in [0.717, 1.165) is 6.42 Å². The molecule has 0 spiro atoms. The van der Waals surface area contributed by atoms with Crippen molar-refractivity contribution in [3.63, 3.8) is 0 Å². The first-order valence-corrected chi connectivity index (χ1v) is 7.99. The maximum Gasteiger partial charge on any atom is 0.240 e. The van der Waals surface area contributed by atoms with Crippen LogP contribution in [0.4, 0.5) is 11.4 Å². The van der Waals surface area contributed by atoms with Crippen molar-refractivity contribution in [1.29, 1.82) is 0 Å². The number of benzene rings is 1. The molecule has 20 heavy (non-hydrogen) atoms. The van der Waals surface area contributed by atoms with E-state index in [-0.39, 0.29) is 4.90 Å². The van der Waals surface area contributed by atoms with Gasteiger partial charge in [0, 0.05) is 6.54 Å².